The van der Waals surface area contributed by atoms with Crippen LogP contribution in [0.2, 0.25) is 0 Å². The molecule has 0 spiro atoms. The third kappa shape index (κ3) is 9.73. The fourth-order valence-electron chi connectivity index (χ4n) is 0.524. The zero-order valence-corrected chi connectivity index (χ0v) is 7.82. The molecule has 0 saturated heterocycles. The summed E-state index contributed by atoms with van der Waals surface area (Å²) in [6.07, 6.45) is 6.48. The third-order valence-electron chi connectivity index (χ3n) is 1.02. The molecule has 0 bridgehead atoms. The third-order valence-corrected chi connectivity index (χ3v) is 1.27. The van der Waals surface area contributed by atoms with Crippen LogP contribution in [0.5, 0.6) is 0 Å². The highest BCUT2D eigenvalue weighted by atomic mass is 35.5. The van der Waals surface area contributed by atoms with Crippen molar-refractivity contribution in [2.24, 2.45) is 0 Å². The van der Waals surface area contributed by atoms with Crippen LogP contribution < -0.4 is 0 Å². The molecule has 0 aromatic rings. The maximum absolute atomic E-state index is 10.4. The molecule has 11 heavy (non-hydrogen) atoms. The highest BCUT2D eigenvalue weighted by Crippen LogP contribution is 2.05. The summed E-state index contributed by atoms with van der Waals surface area (Å²) in [5.74, 6) is 0.190. The van der Waals surface area contributed by atoms with Gasteiger partial charge in [0.2, 0.25) is 0 Å². The molecular formula is C8H10Cl2O. The molecule has 0 unspecified atom stereocenters. The van der Waals surface area contributed by atoms with Gasteiger partial charge in [-0.2, -0.15) is 0 Å². The first kappa shape index (κ1) is 10.7. The second kappa shape index (κ2) is 6.44. The van der Waals surface area contributed by atoms with Gasteiger partial charge in [-0.3, -0.25) is 0 Å². The second-order valence-electron chi connectivity index (χ2n) is 2.13. The number of rotatable bonds is 4. The van der Waals surface area contributed by atoms with Gasteiger partial charge >= 0.3 is 0 Å². The molecule has 0 amide bonds. The predicted molar refractivity (Wildman–Crippen MR) is 48.8 cm³/mol. The smallest absolute Gasteiger partial charge is 0.130 e. The van der Waals surface area contributed by atoms with Gasteiger partial charge in [-0.15, -0.1) is 0 Å². The van der Waals surface area contributed by atoms with E-state index in [1.165, 1.54) is 0 Å². The van der Waals surface area contributed by atoms with E-state index in [9.17, 15) is 4.79 Å². The van der Waals surface area contributed by atoms with Crippen molar-refractivity contribution in [2.45, 2.75) is 19.8 Å². The van der Waals surface area contributed by atoms with E-state index in [1.807, 2.05) is 6.08 Å². The van der Waals surface area contributed by atoms with Crippen LogP contribution in [-0.4, -0.2) is 5.78 Å². The Morgan fingerprint density at radius 1 is 1.45 bits per heavy atom. The zero-order valence-electron chi connectivity index (χ0n) is 6.31. The lowest BCUT2D eigenvalue weighted by Gasteiger charge is -1.85. The van der Waals surface area contributed by atoms with E-state index in [2.05, 4.69) is 0 Å². The van der Waals surface area contributed by atoms with Gasteiger partial charge < -0.3 is 4.79 Å². The van der Waals surface area contributed by atoms with Crippen molar-refractivity contribution in [3.05, 3.63) is 22.7 Å². The van der Waals surface area contributed by atoms with Gasteiger partial charge in [-0.05, 0) is 19.4 Å². The molecule has 0 aliphatic heterocycles. The molecule has 0 aromatic heterocycles. The Labute approximate surface area is 76.7 Å². The summed E-state index contributed by atoms with van der Waals surface area (Å²) in [6, 6.07) is 0. The van der Waals surface area contributed by atoms with Crippen molar-refractivity contribution in [3.63, 3.8) is 0 Å². The molecule has 0 fully saturated rings. The van der Waals surface area contributed by atoms with E-state index in [1.54, 1.807) is 19.1 Å². The van der Waals surface area contributed by atoms with Crippen molar-refractivity contribution < 1.29 is 4.79 Å². The van der Waals surface area contributed by atoms with Crippen molar-refractivity contribution >= 4 is 29.0 Å². The largest absolute Gasteiger partial charge is 0.300 e. The van der Waals surface area contributed by atoms with E-state index in [0.29, 0.717) is 6.42 Å². The minimum atomic E-state index is 0.190. The van der Waals surface area contributed by atoms with Gasteiger partial charge in [0.1, 0.15) is 10.3 Å². The van der Waals surface area contributed by atoms with E-state index >= 15 is 0 Å². The maximum Gasteiger partial charge on any atom is 0.130 e. The SMILES string of the molecule is CC(=O)CCC=CC=C(Cl)Cl. The maximum atomic E-state index is 10.4. The van der Waals surface area contributed by atoms with E-state index < -0.39 is 0 Å². The molecule has 0 heterocycles. The molecule has 0 saturated carbocycles. The fraction of sp³-hybridized carbons (Fsp3) is 0.375. The summed E-state index contributed by atoms with van der Waals surface area (Å²) in [7, 11) is 0. The van der Waals surface area contributed by atoms with Crippen molar-refractivity contribution in [1.29, 1.82) is 0 Å². The minimum Gasteiger partial charge on any atom is -0.300 e. The first-order chi connectivity index (χ1) is 5.13. The van der Waals surface area contributed by atoms with Crippen LogP contribution in [0.3, 0.4) is 0 Å². The zero-order chi connectivity index (χ0) is 8.69. The summed E-state index contributed by atoms with van der Waals surface area (Å²) in [4.78, 5) is 10.4. The first-order valence-electron chi connectivity index (χ1n) is 3.30. The number of halogens is 2. The molecule has 0 rings (SSSR count). The van der Waals surface area contributed by atoms with Crippen LogP contribution in [-0.2, 0) is 4.79 Å². The normalized spacial score (nSPS) is 10.1. The lowest BCUT2D eigenvalue weighted by molar-refractivity contribution is -0.116. The van der Waals surface area contributed by atoms with Crippen molar-refractivity contribution in [1.82, 2.24) is 0 Å². The Kier molecular flexibility index (Phi) is 6.28. The van der Waals surface area contributed by atoms with Gasteiger partial charge in [-0.1, -0.05) is 35.4 Å². The topological polar surface area (TPSA) is 17.1 Å². The molecule has 0 radical (unpaired) electrons. The molecular weight excluding hydrogens is 183 g/mol. The molecule has 0 aliphatic carbocycles. The monoisotopic (exact) mass is 192 g/mol. The minimum absolute atomic E-state index is 0.190. The number of hydrogen-bond donors (Lipinski definition) is 0. The number of carbonyl (C=O) groups excluding carboxylic acids is 1. The molecule has 0 aliphatic rings. The highest BCUT2D eigenvalue weighted by molar-refractivity contribution is 6.55. The molecule has 62 valence electrons. The Hall–Kier alpha value is -0.270. The van der Waals surface area contributed by atoms with E-state index in [4.69, 9.17) is 23.2 Å². The lowest BCUT2D eigenvalue weighted by Crippen LogP contribution is -1.85. The standard InChI is InChI=1S/C8H10Cl2O/c1-7(11)5-3-2-4-6-8(9)10/h2,4,6H,3,5H2,1H3. The average Bonchev–Trinajstić information content (AvgIpc) is 1.85. The quantitative estimate of drug-likeness (QED) is 0.626. The van der Waals surface area contributed by atoms with E-state index in [-0.39, 0.29) is 10.3 Å². The second-order valence-corrected chi connectivity index (χ2v) is 3.13. The molecule has 0 atom stereocenters. The highest BCUT2D eigenvalue weighted by Gasteiger charge is 1.87. The van der Waals surface area contributed by atoms with Crippen LogP contribution >= 0.6 is 23.2 Å². The van der Waals surface area contributed by atoms with Crippen LogP contribution in [0, 0.1) is 0 Å². The Morgan fingerprint density at radius 3 is 2.55 bits per heavy atom. The predicted octanol–water partition coefficient (Wildman–Crippen LogP) is 3.23. The van der Waals surface area contributed by atoms with Crippen LogP contribution in [0.4, 0.5) is 0 Å². The van der Waals surface area contributed by atoms with Crippen LogP contribution in [0.1, 0.15) is 19.8 Å². The number of allylic oxidation sites excluding steroid dienone is 3. The summed E-state index contributed by atoms with van der Waals surface area (Å²) < 4.78 is 0.226. The number of hydrogen-bond acceptors (Lipinski definition) is 1. The molecule has 0 aromatic carbocycles. The molecule has 3 heteroatoms. The molecule has 0 N–H and O–H groups in total. The van der Waals surface area contributed by atoms with Crippen LogP contribution in [0.25, 0.3) is 0 Å². The summed E-state index contributed by atoms with van der Waals surface area (Å²) >= 11 is 10.7. The summed E-state index contributed by atoms with van der Waals surface area (Å²) in [6.45, 7) is 1.57. The van der Waals surface area contributed by atoms with Crippen molar-refractivity contribution in [2.75, 3.05) is 0 Å². The lowest BCUT2D eigenvalue weighted by atomic mass is 10.2. The average molecular weight is 193 g/mol. The molecule has 1 nitrogen and oxygen atoms in total. The summed E-state index contributed by atoms with van der Waals surface area (Å²) in [5, 5.41) is 0. The van der Waals surface area contributed by atoms with Gasteiger partial charge in [0, 0.05) is 6.42 Å². The summed E-state index contributed by atoms with van der Waals surface area (Å²) in [5.41, 5.74) is 0. The van der Waals surface area contributed by atoms with Crippen molar-refractivity contribution in [3.8, 4) is 0 Å². The number of Topliss-reactive ketones (excluding diaryl/α,β-unsaturated/α-hetero) is 1. The number of carbonyl (C=O) groups is 1. The van der Waals surface area contributed by atoms with Crippen LogP contribution in [0.15, 0.2) is 22.7 Å². The Balaban J connectivity index is 3.46. The Morgan fingerprint density at radius 2 is 2.09 bits per heavy atom. The van der Waals surface area contributed by atoms with Gasteiger partial charge in [0.25, 0.3) is 0 Å². The van der Waals surface area contributed by atoms with Gasteiger partial charge in [-0.25, -0.2) is 0 Å². The number of ketones is 1. The Bertz CT molecular complexity index is 179. The van der Waals surface area contributed by atoms with Gasteiger partial charge in [0.05, 0.1) is 0 Å². The van der Waals surface area contributed by atoms with E-state index in [0.717, 1.165) is 6.42 Å². The fourth-order valence-corrected chi connectivity index (χ4v) is 0.669. The first-order valence-corrected chi connectivity index (χ1v) is 4.06. The van der Waals surface area contributed by atoms with Gasteiger partial charge in [0.15, 0.2) is 0 Å².